The van der Waals surface area contributed by atoms with Gasteiger partial charge in [-0.15, -0.1) is 0 Å². The minimum Gasteiger partial charge on any atom is -0.394 e. The van der Waals surface area contributed by atoms with E-state index < -0.39 is 42.4 Å². The largest absolute Gasteiger partial charge is 0.394 e. The Hall–Kier alpha value is -5.05. The molecule has 8 heteroatoms. The van der Waals surface area contributed by atoms with Gasteiger partial charge in [0.2, 0.25) is 17.7 Å². The summed E-state index contributed by atoms with van der Waals surface area (Å²) in [6.07, 6.45) is 66.2. The Morgan fingerprint density at radius 1 is 0.466 bits per heavy atom. The highest BCUT2D eigenvalue weighted by Gasteiger charge is 2.37. The van der Waals surface area contributed by atoms with Crippen molar-refractivity contribution in [1.29, 1.82) is 0 Å². The smallest absolute Gasteiger partial charge is 0.224 e. The number of carbonyl (C=O) groups excluding carboxylic acids is 3. The van der Waals surface area contributed by atoms with Gasteiger partial charge in [0.15, 0.2) is 0 Å². The quantitative estimate of drug-likeness (QED) is 0.0325. The van der Waals surface area contributed by atoms with Crippen LogP contribution >= 0.6 is 0 Å². The van der Waals surface area contributed by atoms with Crippen LogP contribution < -0.4 is 16.8 Å². The number of carbonyl (C=O) groups is 3. The van der Waals surface area contributed by atoms with Gasteiger partial charge < -0.3 is 27.0 Å². The number of aryl methyl sites for hydroxylation is 2. The van der Waals surface area contributed by atoms with E-state index in [1.165, 1.54) is 44.1 Å². The Morgan fingerprint density at radius 2 is 0.863 bits per heavy atom. The van der Waals surface area contributed by atoms with E-state index in [1.54, 1.807) is 0 Å². The summed E-state index contributed by atoms with van der Waals surface area (Å²) >= 11 is 0. The van der Waals surface area contributed by atoms with Crippen molar-refractivity contribution in [2.75, 3.05) is 13.2 Å². The highest BCUT2D eigenvalue weighted by Crippen LogP contribution is 2.28. The fourth-order valence-corrected chi connectivity index (χ4v) is 8.62. The third-order valence-corrected chi connectivity index (χ3v) is 13.3. The Morgan fingerprint density at radius 3 is 1.29 bits per heavy atom. The van der Waals surface area contributed by atoms with Gasteiger partial charge in [0.05, 0.1) is 18.8 Å². The molecule has 0 aliphatic carbocycles. The zero-order chi connectivity index (χ0) is 53.3. The summed E-state index contributed by atoms with van der Waals surface area (Å²) in [5.74, 6) is -3.16. The third kappa shape index (κ3) is 35.7. The molecule has 1 rings (SSSR count). The Bertz CT molecular complexity index is 1860. The summed E-state index contributed by atoms with van der Waals surface area (Å²) < 4.78 is 0. The summed E-state index contributed by atoms with van der Waals surface area (Å²) in [7, 11) is 0. The van der Waals surface area contributed by atoms with Gasteiger partial charge in [0, 0.05) is 17.8 Å². The number of aliphatic hydroxyl groups excluding tert-OH is 2. The molecule has 0 spiro atoms. The minimum atomic E-state index is -1.29. The van der Waals surface area contributed by atoms with Crippen LogP contribution in [-0.4, -0.2) is 46.7 Å². The molecule has 8 nitrogen and oxygen atoms in total. The van der Waals surface area contributed by atoms with E-state index in [-0.39, 0.29) is 11.8 Å². The number of aliphatic hydroxyl groups is 2. The second-order valence-electron chi connectivity index (χ2n) is 19.5. The molecule has 1 aromatic carbocycles. The van der Waals surface area contributed by atoms with Crippen molar-refractivity contribution in [2.24, 2.45) is 29.2 Å². The number of allylic oxidation sites excluding steroid dienone is 20. The minimum absolute atomic E-state index is 0.308. The van der Waals surface area contributed by atoms with Crippen molar-refractivity contribution in [3.05, 3.63) is 157 Å². The first-order chi connectivity index (χ1) is 35.7. The molecule has 2 unspecified atom stereocenters. The fraction of sp³-hybridized carbons (Fsp3) is 0.554. The van der Waals surface area contributed by atoms with E-state index in [0.717, 1.165) is 82.6 Å². The van der Waals surface area contributed by atoms with Crippen molar-refractivity contribution in [2.45, 2.75) is 200 Å². The summed E-state index contributed by atoms with van der Waals surface area (Å²) in [5.41, 5.74) is 13.0. The molecule has 406 valence electrons. The lowest BCUT2D eigenvalue weighted by molar-refractivity contribution is -0.136. The maximum Gasteiger partial charge on any atom is 0.224 e. The van der Waals surface area contributed by atoms with Gasteiger partial charge in [-0.1, -0.05) is 212 Å². The molecular weight excluding hydrogens is 903 g/mol. The number of hydrogen-bond donors (Lipinski definition) is 5. The van der Waals surface area contributed by atoms with Gasteiger partial charge >= 0.3 is 0 Å². The van der Waals surface area contributed by atoms with Crippen LogP contribution in [0.1, 0.15) is 192 Å². The van der Waals surface area contributed by atoms with Gasteiger partial charge in [-0.25, -0.2) is 0 Å². The van der Waals surface area contributed by atoms with E-state index in [2.05, 4.69) is 166 Å². The van der Waals surface area contributed by atoms with Crippen molar-refractivity contribution in [3.63, 3.8) is 0 Å². The summed E-state index contributed by atoms with van der Waals surface area (Å²) in [4.78, 5) is 40.1. The number of rotatable bonds is 46. The molecule has 1 aromatic rings. The van der Waals surface area contributed by atoms with Crippen molar-refractivity contribution >= 4 is 17.7 Å². The second-order valence-corrected chi connectivity index (χ2v) is 19.5. The normalized spacial score (nSPS) is 14.2. The molecule has 3 atom stereocenters. The molecule has 0 saturated heterocycles. The van der Waals surface area contributed by atoms with Crippen LogP contribution in [0.2, 0.25) is 0 Å². The van der Waals surface area contributed by atoms with Crippen LogP contribution in [0.5, 0.6) is 0 Å². The maximum atomic E-state index is 14.4. The van der Waals surface area contributed by atoms with Gasteiger partial charge in [-0.05, 0) is 140 Å². The molecule has 0 aliphatic heterocycles. The predicted molar refractivity (Wildman–Crippen MR) is 312 cm³/mol. The van der Waals surface area contributed by atoms with E-state index in [0.29, 0.717) is 57.8 Å². The van der Waals surface area contributed by atoms with Crippen LogP contribution in [0.4, 0.5) is 0 Å². The molecule has 73 heavy (non-hydrogen) atoms. The zero-order valence-electron chi connectivity index (χ0n) is 45.9. The lowest BCUT2D eigenvalue weighted by Gasteiger charge is -2.34. The lowest BCUT2D eigenvalue weighted by atomic mass is 9.81. The number of unbranched alkanes of at least 4 members (excludes halogenated alkanes) is 6. The number of hydrogen-bond acceptors (Lipinski definition) is 5. The molecule has 0 aromatic heterocycles. The van der Waals surface area contributed by atoms with Gasteiger partial charge in [0.25, 0.3) is 0 Å². The summed E-state index contributed by atoms with van der Waals surface area (Å²) in [6.45, 7) is 5.59. The molecule has 3 amide bonds. The number of benzene rings is 1. The van der Waals surface area contributed by atoms with E-state index >= 15 is 0 Å². The Balaban J connectivity index is 2.94. The monoisotopic (exact) mass is 1000 g/mol. The van der Waals surface area contributed by atoms with Crippen LogP contribution in [0, 0.1) is 17.8 Å². The molecular formula is C65H101N3O5. The number of amides is 3. The first-order valence-corrected chi connectivity index (χ1v) is 28.4. The standard InChI is InChI=1S/C65H101N3O5/c1-4-7-10-13-16-18-20-22-24-26-28-30-32-34-37-40-45-59(62(66)71)46-42-43-48-61(60(63(67)72)47-41-38-35-33-31-29-27-25-23-21-19-17-14-11-8-5-2)64(73)68-65(55-69,56-70)54-53-58-51-49-57(50-52-58)44-39-36-15-12-9-6-3/h7-8,10-11,16-19,22-25,28-31,34-35,37-38,49-52,59-61,69-70H,4-6,9,12-15,20-21,26-27,32-33,36,39-48,53-56H2,1-3H3,(H2,66,71)(H2,67,72)(H,68,73)/b10-7+,11-8+,18-16+,19-17+,24-22+,25-23+,30-28+,31-29+,37-34+,38-35+/t59?,60?,61-/m0/s1. The third-order valence-electron chi connectivity index (χ3n) is 13.3. The summed E-state index contributed by atoms with van der Waals surface area (Å²) in [5, 5.41) is 24.4. The maximum absolute atomic E-state index is 14.4. The fourth-order valence-electron chi connectivity index (χ4n) is 8.62. The number of primary amides is 2. The first kappa shape index (κ1) is 66.0. The van der Waals surface area contributed by atoms with E-state index in [4.69, 9.17) is 11.5 Å². The molecule has 0 aliphatic rings. The van der Waals surface area contributed by atoms with Crippen molar-refractivity contribution in [3.8, 4) is 0 Å². The average Bonchev–Trinajstić information content (AvgIpc) is 3.39. The molecule has 0 bridgehead atoms. The summed E-state index contributed by atoms with van der Waals surface area (Å²) in [6, 6.07) is 8.49. The van der Waals surface area contributed by atoms with Crippen LogP contribution in [0.15, 0.2) is 146 Å². The zero-order valence-corrected chi connectivity index (χ0v) is 45.9. The van der Waals surface area contributed by atoms with Crippen molar-refractivity contribution < 1.29 is 24.6 Å². The van der Waals surface area contributed by atoms with Gasteiger partial charge in [-0.2, -0.15) is 0 Å². The Kier molecular flexibility index (Phi) is 42.2. The van der Waals surface area contributed by atoms with Crippen LogP contribution in [-0.2, 0) is 27.2 Å². The molecule has 0 fully saturated rings. The molecule has 0 heterocycles. The van der Waals surface area contributed by atoms with Gasteiger partial charge in [0.1, 0.15) is 0 Å². The predicted octanol–water partition coefficient (Wildman–Crippen LogP) is 14.8. The molecule has 7 N–H and O–H groups in total. The van der Waals surface area contributed by atoms with Crippen molar-refractivity contribution in [1.82, 2.24) is 5.32 Å². The SMILES string of the molecule is CC/C=C/C/C=C/C/C=C/C/C=C/C/C=C/CCC(CCCC[C@H](C(=O)NC(CO)(CO)CCc1ccc(CCCCCCCC)cc1)C(CC/C=C/C/C=C/C/C=C/C/C=C/C/C=C/CC)C(N)=O)C(N)=O. The highest BCUT2D eigenvalue weighted by atomic mass is 16.3. The number of nitrogens with one attached hydrogen (secondary N) is 1. The molecule has 0 saturated carbocycles. The lowest BCUT2D eigenvalue weighted by Crippen LogP contribution is -2.57. The van der Waals surface area contributed by atoms with Gasteiger partial charge in [-0.3, -0.25) is 14.4 Å². The first-order valence-electron chi connectivity index (χ1n) is 28.4. The topological polar surface area (TPSA) is 156 Å². The number of nitrogens with two attached hydrogens (primary N) is 2. The average molecular weight is 1000 g/mol. The highest BCUT2D eigenvalue weighted by molar-refractivity contribution is 5.87. The molecule has 0 radical (unpaired) electrons. The van der Waals surface area contributed by atoms with E-state index in [9.17, 15) is 24.6 Å². The van der Waals surface area contributed by atoms with E-state index in [1.807, 2.05) is 6.08 Å². The van der Waals surface area contributed by atoms with Crippen LogP contribution in [0.3, 0.4) is 0 Å². The Labute approximate surface area is 444 Å². The second kappa shape index (κ2) is 46.7. The van der Waals surface area contributed by atoms with Crippen LogP contribution in [0.25, 0.3) is 0 Å².